The van der Waals surface area contributed by atoms with E-state index in [-0.39, 0.29) is 5.82 Å². The molecule has 0 fully saturated rings. The number of halogens is 3. The van der Waals surface area contributed by atoms with Crippen molar-refractivity contribution in [3.63, 3.8) is 0 Å². The fourth-order valence-corrected chi connectivity index (χ4v) is 3.59. The molecule has 0 spiro atoms. The van der Waals surface area contributed by atoms with Crippen LogP contribution < -0.4 is 10.6 Å². The summed E-state index contributed by atoms with van der Waals surface area (Å²) < 4.78 is 43.7. The summed E-state index contributed by atoms with van der Waals surface area (Å²) in [6.07, 6.45) is -0.349. The van der Waals surface area contributed by atoms with E-state index in [1.807, 2.05) is 18.2 Å². The average Bonchev–Trinajstić information content (AvgIpc) is 3.26. The van der Waals surface area contributed by atoms with Crippen LogP contribution in [0.15, 0.2) is 54.9 Å². The van der Waals surface area contributed by atoms with E-state index in [4.69, 9.17) is 4.74 Å². The van der Waals surface area contributed by atoms with Crippen LogP contribution in [0.1, 0.15) is 27.0 Å². The Hall–Kier alpha value is -3.99. The highest BCUT2D eigenvalue weighted by Gasteiger charge is 2.30. The number of anilines is 2. The van der Waals surface area contributed by atoms with Gasteiger partial charge in [0.1, 0.15) is 5.82 Å². The maximum Gasteiger partial charge on any atom is 0.416 e. The van der Waals surface area contributed by atoms with E-state index in [2.05, 4.69) is 30.8 Å². The number of hydrogen-bond donors (Lipinski definition) is 3. The lowest BCUT2D eigenvalue weighted by Crippen LogP contribution is -2.14. The SMILES string of the molecule is COCCNc1n[nH]c2nccc(CCc3ccc(C(=O)Nc4cc(C(F)(F)F)ccn4)cc3)c12. The van der Waals surface area contributed by atoms with Crippen molar-refractivity contribution in [1.82, 2.24) is 20.2 Å². The zero-order valence-corrected chi connectivity index (χ0v) is 18.8. The Morgan fingerprint density at radius 2 is 1.83 bits per heavy atom. The third-order valence-corrected chi connectivity index (χ3v) is 5.37. The van der Waals surface area contributed by atoms with Crippen molar-refractivity contribution in [3.05, 3.63) is 77.1 Å². The maximum atomic E-state index is 12.9. The largest absolute Gasteiger partial charge is 0.416 e. The summed E-state index contributed by atoms with van der Waals surface area (Å²) in [5.74, 6) is 0.0189. The molecule has 0 aliphatic carbocycles. The summed E-state index contributed by atoms with van der Waals surface area (Å²) in [4.78, 5) is 20.6. The first-order valence-corrected chi connectivity index (χ1v) is 10.8. The van der Waals surface area contributed by atoms with Crippen molar-refractivity contribution in [2.75, 3.05) is 30.9 Å². The molecule has 0 saturated heterocycles. The van der Waals surface area contributed by atoms with Crippen LogP contribution in [0.25, 0.3) is 11.0 Å². The van der Waals surface area contributed by atoms with E-state index in [1.165, 1.54) is 0 Å². The van der Waals surface area contributed by atoms with Gasteiger partial charge in [-0.15, -0.1) is 0 Å². The highest BCUT2D eigenvalue weighted by Crippen LogP contribution is 2.30. The standard InChI is InChI=1S/C24H23F3N6O2/c1-35-13-12-30-22-20-16(8-10-29-21(20)32-33-22)5-2-15-3-6-17(7-4-15)23(34)31-19-14-18(9-11-28-19)24(25,26)27/h3-4,6-11,14H,2,5,12-13H2,1H3,(H,28,31,34)(H2,29,30,32,33). The Morgan fingerprint density at radius 3 is 2.57 bits per heavy atom. The summed E-state index contributed by atoms with van der Waals surface area (Å²) in [7, 11) is 1.63. The van der Waals surface area contributed by atoms with Gasteiger partial charge in [-0.1, -0.05) is 12.1 Å². The number of nitrogens with zero attached hydrogens (tertiary/aromatic N) is 3. The third kappa shape index (κ3) is 5.93. The molecular weight excluding hydrogens is 461 g/mol. The average molecular weight is 484 g/mol. The molecule has 4 rings (SSSR count). The molecule has 0 bridgehead atoms. The second-order valence-electron chi connectivity index (χ2n) is 7.76. The van der Waals surface area contributed by atoms with Gasteiger partial charge in [0.2, 0.25) is 0 Å². The summed E-state index contributed by atoms with van der Waals surface area (Å²) in [6.45, 7) is 1.16. The van der Waals surface area contributed by atoms with Crippen LogP contribution >= 0.6 is 0 Å². The molecule has 11 heteroatoms. The topological polar surface area (TPSA) is 105 Å². The normalized spacial score (nSPS) is 11.5. The molecule has 1 amide bonds. The van der Waals surface area contributed by atoms with Gasteiger partial charge in [0.25, 0.3) is 5.91 Å². The van der Waals surface area contributed by atoms with Crippen molar-refractivity contribution in [3.8, 4) is 0 Å². The number of carbonyl (C=O) groups is 1. The number of H-pyrrole nitrogens is 1. The molecule has 3 N–H and O–H groups in total. The molecular formula is C24H23F3N6O2. The summed E-state index contributed by atoms with van der Waals surface area (Å²) >= 11 is 0. The van der Waals surface area contributed by atoms with Crippen LogP contribution in [0.4, 0.5) is 24.8 Å². The van der Waals surface area contributed by atoms with E-state index in [1.54, 1.807) is 25.4 Å². The number of aromatic amines is 1. The number of amides is 1. The second-order valence-corrected chi connectivity index (χ2v) is 7.76. The molecule has 3 heterocycles. The highest BCUT2D eigenvalue weighted by molar-refractivity contribution is 6.03. The number of hydrogen-bond acceptors (Lipinski definition) is 6. The Balaban J connectivity index is 1.41. The van der Waals surface area contributed by atoms with Crippen LogP contribution in [0.3, 0.4) is 0 Å². The van der Waals surface area contributed by atoms with Crippen molar-refractivity contribution in [2.45, 2.75) is 19.0 Å². The lowest BCUT2D eigenvalue weighted by atomic mass is 10.0. The highest BCUT2D eigenvalue weighted by atomic mass is 19.4. The van der Waals surface area contributed by atoms with E-state index < -0.39 is 17.6 Å². The molecule has 0 aliphatic heterocycles. The molecule has 182 valence electrons. The van der Waals surface area contributed by atoms with Gasteiger partial charge in [0.15, 0.2) is 11.5 Å². The predicted octanol–water partition coefficient (Wildman–Crippen LogP) is 4.47. The van der Waals surface area contributed by atoms with Crippen LogP contribution in [-0.4, -0.2) is 46.3 Å². The summed E-state index contributed by atoms with van der Waals surface area (Å²) in [5, 5.41) is 13.8. The van der Waals surface area contributed by atoms with Gasteiger partial charge in [-0.05, 0) is 54.3 Å². The lowest BCUT2D eigenvalue weighted by molar-refractivity contribution is -0.137. The van der Waals surface area contributed by atoms with E-state index in [0.717, 1.165) is 47.1 Å². The fourth-order valence-electron chi connectivity index (χ4n) is 3.59. The van der Waals surface area contributed by atoms with Gasteiger partial charge >= 0.3 is 6.18 Å². The van der Waals surface area contributed by atoms with Gasteiger partial charge < -0.3 is 15.4 Å². The Morgan fingerprint density at radius 1 is 1.06 bits per heavy atom. The number of aromatic nitrogens is 4. The molecule has 1 aromatic carbocycles. The number of fused-ring (bicyclic) bond motifs is 1. The Bertz CT molecular complexity index is 1300. The zero-order valence-electron chi connectivity index (χ0n) is 18.8. The van der Waals surface area contributed by atoms with Gasteiger partial charge in [-0.2, -0.15) is 18.3 Å². The first-order chi connectivity index (χ1) is 16.8. The summed E-state index contributed by atoms with van der Waals surface area (Å²) in [6, 6.07) is 10.5. The van der Waals surface area contributed by atoms with E-state index >= 15 is 0 Å². The summed E-state index contributed by atoms with van der Waals surface area (Å²) in [5.41, 5.74) is 2.21. The maximum absolute atomic E-state index is 12.9. The van der Waals surface area contributed by atoms with Crippen molar-refractivity contribution >= 4 is 28.6 Å². The number of nitrogens with one attached hydrogen (secondary N) is 3. The number of pyridine rings is 2. The lowest BCUT2D eigenvalue weighted by Gasteiger charge is -2.10. The molecule has 3 aromatic heterocycles. The smallest absolute Gasteiger partial charge is 0.383 e. The number of rotatable bonds is 9. The Kier molecular flexibility index (Phi) is 7.25. The van der Waals surface area contributed by atoms with Crippen molar-refractivity contribution in [2.24, 2.45) is 0 Å². The Labute approximate surface area is 198 Å². The van der Waals surface area contributed by atoms with Crippen LogP contribution in [-0.2, 0) is 23.8 Å². The fraction of sp³-hybridized carbons (Fsp3) is 0.250. The van der Waals surface area contributed by atoms with Crippen molar-refractivity contribution in [1.29, 1.82) is 0 Å². The minimum Gasteiger partial charge on any atom is -0.383 e. The van der Waals surface area contributed by atoms with Crippen LogP contribution in [0.5, 0.6) is 0 Å². The third-order valence-electron chi connectivity index (χ3n) is 5.37. The number of carbonyl (C=O) groups excluding carboxylic acids is 1. The predicted molar refractivity (Wildman–Crippen MR) is 125 cm³/mol. The number of methoxy groups -OCH3 is 1. The first kappa shape index (κ1) is 24.1. The van der Waals surface area contributed by atoms with Crippen molar-refractivity contribution < 1.29 is 22.7 Å². The molecule has 0 atom stereocenters. The van der Waals surface area contributed by atoms with Crippen LogP contribution in [0.2, 0.25) is 0 Å². The quantitative estimate of drug-likeness (QED) is 0.303. The molecule has 0 saturated carbocycles. The molecule has 0 unspecified atom stereocenters. The number of benzene rings is 1. The molecule has 35 heavy (non-hydrogen) atoms. The zero-order chi connectivity index (χ0) is 24.8. The van der Waals surface area contributed by atoms with E-state index in [9.17, 15) is 18.0 Å². The first-order valence-electron chi connectivity index (χ1n) is 10.8. The molecule has 0 radical (unpaired) electrons. The number of aryl methyl sites for hydroxylation is 2. The molecule has 8 nitrogen and oxygen atoms in total. The van der Waals surface area contributed by atoms with E-state index in [0.29, 0.717) is 30.8 Å². The number of ether oxygens (including phenoxy) is 1. The molecule has 0 aliphatic rings. The van der Waals surface area contributed by atoms with Crippen LogP contribution in [0, 0.1) is 0 Å². The minimum atomic E-state index is -4.51. The number of alkyl halides is 3. The van der Waals surface area contributed by atoms with Gasteiger partial charge in [-0.25, -0.2) is 9.97 Å². The van der Waals surface area contributed by atoms with Gasteiger partial charge in [0.05, 0.1) is 17.6 Å². The molecule has 4 aromatic rings. The second kappa shape index (κ2) is 10.5. The minimum absolute atomic E-state index is 0.161. The van der Waals surface area contributed by atoms with Gasteiger partial charge in [-0.3, -0.25) is 9.89 Å². The van der Waals surface area contributed by atoms with Gasteiger partial charge in [0, 0.05) is 31.6 Å². The monoisotopic (exact) mass is 484 g/mol.